The van der Waals surface area contributed by atoms with Crippen molar-refractivity contribution in [2.24, 2.45) is 0 Å². The molecule has 1 N–H and O–H groups in total. The van der Waals surface area contributed by atoms with Gasteiger partial charge in [0.2, 0.25) is 5.91 Å². The summed E-state index contributed by atoms with van der Waals surface area (Å²) in [5.41, 5.74) is 3.67. The van der Waals surface area contributed by atoms with Gasteiger partial charge in [-0.15, -0.1) is 0 Å². The largest absolute Gasteiger partial charge is 0.497 e. The van der Waals surface area contributed by atoms with Crippen LogP contribution in [-0.4, -0.2) is 46.7 Å². The predicted molar refractivity (Wildman–Crippen MR) is 162 cm³/mol. The highest BCUT2D eigenvalue weighted by molar-refractivity contribution is 7.99. The fourth-order valence-electron chi connectivity index (χ4n) is 4.22. The zero-order valence-corrected chi connectivity index (χ0v) is 24.8. The maximum atomic E-state index is 13.9. The molecule has 0 fully saturated rings. The number of rotatable bonds is 11. The van der Waals surface area contributed by atoms with Gasteiger partial charge in [0.05, 0.1) is 20.0 Å². The smallest absolute Gasteiger partial charge is 0.251 e. The summed E-state index contributed by atoms with van der Waals surface area (Å²) in [5, 5.41) is 3.99. The number of aromatic nitrogens is 2. The summed E-state index contributed by atoms with van der Waals surface area (Å²) >= 11 is 7.41. The molecule has 1 atom stereocenters. The van der Waals surface area contributed by atoms with Gasteiger partial charge in [-0.2, -0.15) is 0 Å². The number of nitrogens with zero attached hydrogens (tertiary/aromatic N) is 3. The van der Waals surface area contributed by atoms with Gasteiger partial charge < -0.3 is 19.7 Å². The molecule has 0 saturated carbocycles. The van der Waals surface area contributed by atoms with E-state index >= 15 is 0 Å². The molecule has 1 heterocycles. The van der Waals surface area contributed by atoms with Gasteiger partial charge in [-0.1, -0.05) is 47.6 Å². The second-order valence-corrected chi connectivity index (χ2v) is 10.6. The van der Waals surface area contributed by atoms with E-state index in [1.54, 1.807) is 67.7 Å². The quantitative estimate of drug-likeness (QED) is 0.163. The average Bonchev–Trinajstić information content (AvgIpc) is 2.97. The zero-order chi connectivity index (χ0) is 29.4. The third kappa shape index (κ3) is 8.22. The third-order valence-electron chi connectivity index (χ3n) is 6.22. The van der Waals surface area contributed by atoms with Crippen LogP contribution in [0.3, 0.4) is 0 Å². The molecule has 212 valence electrons. The summed E-state index contributed by atoms with van der Waals surface area (Å²) in [6.45, 7) is 3.95. The topological polar surface area (TPSA) is 93.7 Å². The minimum absolute atomic E-state index is 0.0406. The molecule has 1 unspecified atom stereocenters. The highest BCUT2D eigenvalue weighted by atomic mass is 35.5. The van der Waals surface area contributed by atoms with Gasteiger partial charge in [-0.3, -0.25) is 9.59 Å². The number of hydrogen-bond donors (Lipinski definition) is 1. The molecule has 4 aromatic rings. The first-order chi connectivity index (χ1) is 19.7. The Morgan fingerprint density at radius 3 is 2.00 bits per heavy atom. The Balaban J connectivity index is 1.69. The number of benzene rings is 3. The first-order valence-corrected chi connectivity index (χ1v) is 14.2. The van der Waals surface area contributed by atoms with E-state index in [4.69, 9.17) is 21.1 Å². The minimum Gasteiger partial charge on any atom is -0.497 e. The monoisotopic (exact) mass is 590 g/mol. The van der Waals surface area contributed by atoms with Crippen molar-refractivity contribution in [3.8, 4) is 11.5 Å². The van der Waals surface area contributed by atoms with E-state index < -0.39 is 6.04 Å². The molecule has 8 nitrogen and oxygen atoms in total. The van der Waals surface area contributed by atoms with Crippen LogP contribution in [0.5, 0.6) is 11.5 Å². The van der Waals surface area contributed by atoms with Crippen LogP contribution in [0.25, 0.3) is 0 Å². The van der Waals surface area contributed by atoms with E-state index in [0.29, 0.717) is 32.9 Å². The van der Waals surface area contributed by atoms with Crippen molar-refractivity contribution in [3.05, 3.63) is 106 Å². The molecule has 0 aliphatic heterocycles. The summed E-state index contributed by atoms with van der Waals surface area (Å²) < 4.78 is 10.5. The lowest BCUT2D eigenvalue weighted by Gasteiger charge is -2.31. The first kappa shape index (κ1) is 29.9. The van der Waals surface area contributed by atoms with E-state index in [1.165, 1.54) is 11.8 Å². The summed E-state index contributed by atoms with van der Waals surface area (Å²) in [4.78, 5) is 38.3. The Morgan fingerprint density at radius 1 is 0.878 bits per heavy atom. The summed E-state index contributed by atoms with van der Waals surface area (Å²) in [5.74, 6) is 0.782. The number of thioether (sulfide) groups is 1. The Labute approximate surface area is 249 Å². The second kappa shape index (κ2) is 14.0. The molecule has 3 aromatic carbocycles. The van der Waals surface area contributed by atoms with Gasteiger partial charge in [-0.25, -0.2) is 9.97 Å². The summed E-state index contributed by atoms with van der Waals surface area (Å²) in [7, 11) is 3.17. The van der Waals surface area contributed by atoms with Crippen LogP contribution in [0.2, 0.25) is 5.02 Å². The van der Waals surface area contributed by atoms with E-state index in [-0.39, 0.29) is 24.1 Å². The van der Waals surface area contributed by atoms with Crippen molar-refractivity contribution in [2.75, 3.05) is 25.3 Å². The van der Waals surface area contributed by atoms with E-state index in [2.05, 4.69) is 15.3 Å². The maximum absolute atomic E-state index is 13.9. The molecule has 0 bridgehead atoms. The molecule has 0 aliphatic carbocycles. The van der Waals surface area contributed by atoms with Gasteiger partial charge in [-0.05, 0) is 79.6 Å². The standard InChI is InChI=1S/C31H31ClN4O4S/c1-20-17-21(2)34-31(33-20)41-19-28(37)36(18-22-5-13-26(39-3)14-6-22)29(23-7-9-24(32)10-8-23)30(38)35-25-11-15-27(40-4)16-12-25/h5-17,29H,18-19H2,1-4H3,(H,35,38). The van der Waals surface area contributed by atoms with Crippen LogP contribution >= 0.6 is 23.4 Å². The molecule has 41 heavy (non-hydrogen) atoms. The molecule has 2 amide bonds. The maximum Gasteiger partial charge on any atom is 0.251 e. The normalized spacial score (nSPS) is 11.4. The Morgan fingerprint density at radius 2 is 1.44 bits per heavy atom. The lowest BCUT2D eigenvalue weighted by molar-refractivity contribution is -0.137. The van der Waals surface area contributed by atoms with Crippen LogP contribution in [-0.2, 0) is 16.1 Å². The SMILES string of the molecule is COc1ccc(CN(C(=O)CSc2nc(C)cc(C)n2)C(C(=O)Nc2ccc(OC)cc2)c2ccc(Cl)cc2)cc1. The van der Waals surface area contributed by atoms with Crippen molar-refractivity contribution < 1.29 is 19.1 Å². The van der Waals surface area contributed by atoms with Gasteiger partial charge >= 0.3 is 0 Å². The first-order valence-electron chi connectivity index (χ1n) is 12.8. The minimum atomic E-state index is -0.954. The number of ether oxygens (including phenoxy) is 2. The van der Waals surface area contributed by atoms with Crippen molar-refractivity contribution in [1.82, 2.24) is 14.9 Å². The number of methoxy groups -OCH3 is 2. The number of halogens is 1. The molecule has 4 rings (SSSR count). The van der Waals surface area contributed by atoms with Crippen LogP contribution in [0.4, 0.5) is 5.69 Å². The van der Waals surface area contributed by atoms with Crippen molar-refractivity contribution in [3.63, 3.8) is 0 Å². The van der Waals surface area contributed by atoms with Crippen LogP contribution in [0, 0.1) is 13.8 Å². The van der Waals surface area contributed by atoms with Crippen molar-refractivity contribution in [1.29, 1.82) is 0 Å². The van der Waals surface area contributed by atoms with Crippen molar-refractivity contribution >= 4 is 40.9 Å². The average molecular weight is 591 g/mol. The number of anilines is 1. The second-order valence-electron chi connectivity index (χ2n) is 9.26. The molecule has 0 radical (unpaired) electrons. The lowest BCUT2D eigenvalue weighted by atomic mass is 10.0. The molecule has 0 aliphatic rings. The van der Waals surface area contributed by atoms with Crippen LogP contribution < -0.4 is 14.8 Å². The van der Waals surface area contributed by atoms with E-state index in [1.807, 2.05) is 44.2 Å². The van der Waals surface area contributed by atoms with E-state index in [0.717, 1.165) is 17.0 Å². The third-order valence-corrected chi connectivity index (χ3v) is 7.31. The fraction of sp³-hybridized carbons (Fsp3) is 0.226. The molecule has 10 heteroatoms. The Kier molecular flexibility index (Phi) is 10.2. The predicted octanol–water partition coefficient (Wildman–Crippen LogP) is 6.26. The summed E-state index contributed by atoms with van der Waals surface area (Å²) in [6.07, 6.45) is 0. The Bertz CT molecular complexity index is 1460. The number of hydrogen-bond acceptors (Lipinski definition) is 7. The van der Waals surface area contributed by atoms with Gasteiger partial charge in [0.15, 0.2) is 5.16 Å². The number of nitrogens with one attached hydrogen (secondary N) is 1. The lowest BCUT2D eigenvalue weighted by Crippen LogP contribution is -2.41. The van der Waals surface area contributed by atoms with Gasteiger partial charge in [0.25, 0.3) is 5.91 Å². The highest BCUT2D eigenvalue weighted by Gasteiger charge is 2.32. The van der Waals surface area contributed by atoms with Crippen LogP contribution in [0.1, 0.15) is 28.6 Å². The molecule has 1 aromatic heterocycles. The van der Waals surface area contributed by atoms with Crippen LogP contribution in [0.15, 0.2) is 84.0 Å². The number of carbonyl (C=O) groups excluding carboxylic acids is 2. The number of amides is 2. The highest BCUT2D eigenvalue weighted by Crippen LogP contribution is 2.29. The van der Waals surface area contributed by atoms with Gasteiger partial charge in [0.1, 0.15) is 17.5 Å². The zero-order valence-electron chi connectivity index (χ0n) is 23.3. The molecular weight excluding hydrogens is 560 g/mol. The molecule has 0 saturated heterocycles. The molecular formula is C31H31ClN4O4S. The fourth-order valence-corrected chi connectivity index (χ4v) is 5.18. The number of carbonyl (C=O) groups is 2. The Hall–Kier alpha value is -4.08. The van der Waals surface area contributed by atoms with Crippen molar-refractivity contribution in [2.45, 2.75) is 31.6 Å². The molecule has 0 spiro atoms. The number of aryl methyl sites for hydroxylation is 2. The summed E-state index contributed by atoms with van der Waals surface area (Å²) in [6, 6.07) is 22.3. The van der Waals surface area contributed by atoms with E-state index in [9.17, 15) is 9.59 Å². The van der Waals surface area contributed by atoms with Gasteiger partial charge in [0, 0.05) is 28.6 Å².